The van der Waals surface area contributed by atoms with Gasteiger partial charge in [0.2, 0.25) is 0 Å². The lowest BCUT2D eigenvalue weighted by Crippen LogP contribution is -2.11. The first-order chi connectivity index (χ1) is 6.56. The normalized spacial score (nSPS) is 12.2. The van der Waals surface area contributed by atoms with E-state index in [0.717, 1.165) is 0 Å². The van der Waals surface area contributed by atoms with E-state index in [9.17, 15) is 9.90 Å². The van der Waals surface area contributed by atoms with E-state index in [1.54, 1.807) is 25.1 Å². The highest BCUT2D eigenvalue weighted by atomic mass is 16.5. The molecule has 0 fully saturated rings. The summed E-state index contributed by atoms with van der Waals surface area (Å²) in [6.07, 6.45) is -1.47. The molecule has 1 aromatic rings. The molecular weight excluding hydrogens is 184 g/mol. The van der Waals surface area contributed by atoms with Gasteiger partial charge in [-0.15, -0.1) is 0 Å². The average Bonchev–Trinajstić information content (AvgIpc) is 2.16. The molecule has 0 saturated heterocycles. The van der Waals surface area contributed by atoms with Crippen LogP contribution in [0.5, 0.6) is 5.75 Å². The molecule has 4 nitrogen and oxygen atoms in total. The van der Waals surface area contributed by atoms with Gasteiger partial charge in [-0.05, 0) is 30.2 Å². The molecule has 0 aromatic heterocycles. The molecule has 14 heavy (non-hydrogen) atoms. The van der Waals surface area contributed by atoms with Crippen LogP contribution in [0.2, 0.25) is 0 Å². The first-order valence-corrected chi connectivity index (χ1v) is 4.11. The Bertz CT molecular complexity index is 346. The average molecular weight is 196 g/mol. The zero-order chi connectivity index (χ0) is 10.7. The van der Waals surface area contributed by atoms with Crippen molar-refractivity contribution in [3.8, 4) is 5.75 Å². The molecule has 1 aromatic carbocycles. The number of aliphatic hydroxyl groups excluding tert-OH is 1. The van der Waals surface area contributed by atoms with Crippen LogP contribution in [-0.4, -0.2) is 23.3 Å². The van der Waals surface area contributed by atoms with Gasteiger partial charge in [-0.2, -0.15) is 0 Å². The van der Waals surface area contributed by atoms with Crippen LogP contribution in [0.1, 0.15) is 17.2 Å². The highest BCUT2D eigenvalue weighted by molar-refractivity contribution is 5.74. The predicted molar refractivity (Wildman–Crippen MR) is 50.3 cm³/mol. The second-order valence-electron chi connectivity index (χ2n) is 2.96. The van der Waals surface area contributed by atoms with E-state index in [1.165, 1.54) is 7.11 Å². The Labute approximate surface area is 81.8 Å². The van der Waals surface area contributed by atoms with Gasteiger partial charge in [-0.25, -0.2) is 4.79 Å². The van der Waals surface area contributed by atoms with Crippen molar-refractivity contribution in [2.45, 2.75) is 13.0 Å². The molecule has 1 rings (SSSR count). The second kappa shape index (κ2) is 4.11. The third-order valence-electron chi connectivity index (χ3n) is 2.01. The molecule has 76 valence electrons. The molecule has 0 amide bonds. The Morgan fingerprint density at radius 1 is 1.50 bits per heavy atom. The minimum Gasteiger partial charge on any atom is -0.497 e. The largest absolute Gasteiger partial charge is 0.497 e. The number of carboxylic acid groups (broad SMARTS) is 1. The first kappa shape index (κ1) is 10.5. The van der Waals surface area contributed by atoms with Gasteiger partial charge in [0.05, 0.1) is 7.11 Å². The smallest absolute Gasteiger partial charge is 0.337 e. The first-order valence-electron chi connectivity index (χ1n) is 4.11. The lowest BCUT2D eigenvalue weighted by Gasteiger charge is -2.10. The van der Waals surface area contributed by atoms with Gasteiger partial charge in [-0.1, -0.05) is 6.07 Å². The van der Waals surface area contributed by atoms with Crippen molar-refractivity contribution < 1.29 is 19.7 Å². The summed E-state index contributed by atoms with van der Waals surface area (Å²) in [5, 5.41) is 17.9. The predicted octanol–water partition coefficient (Wildman–Crippen LogP) is 1.12. The summed E-state index contributed by atoms with van der Waals surface area (Å²) in [7, 11) is 1.53. The number of methoxy groups -OCH3 is 1. The Morgan fingerprint density at radius 2 is 2.14 bits per heavy atom. The number of aryl methyl sites for hydroxylation is 1. The summed E-state index contributed by atoms with van der Waals surface area (Å²) < 4.78 is 4.96. The molecule has 0 spiro atoms. The topological polar surface area (TPSA) is 66.8 Å². The summed E-state index contributed by atoms with van der Waals surface area (Å²) in [5.74, 6) is -0.609. The third kappa shape index (κ3) is 2.03. The van der Waals surface area contributed by atoms with Gasteiger partial charge in [0.15, 0.2) is 6.10 Å². The number of hydrogen-bond acceptors (Lipinski definition) is 3. The Morgan fingerprint density at radius 3 is 2.57 bits per heavy atom. The molecule has 0 unspecified atom stereocenters. The van der Waals surface area contributed by atoms with E-state index in [0.29, 0.717) is 16.9 Å². The maximum atomic E-state index is 10.5. The molecule has 0 saturated carbocycles. The van der Waals surface area contributed by atoms with Crippen LogP contribution >= 0.6 is 0 Å². The van der Waals surface area contributed by atoms with E-state index in [4.69, 9.17) is 9.84 Å². The molecule has 0 aliphatic heterocycles. The van der Waals surface area contributed by atoms with Crippen molar-refractivity contribution in [2.24, 2.45) is 0 Å². The number of carbonyl (C=O) groups is 1. The number of carboxylic acids is 1. The molecule has 4 heteroatoms. The summed E-state index contributed by atoms with van der Waals surface area (Å²) in [4.78, 5) is 10.5. The number of rotatable bonds is 3. The van der Waals surface area contributed by atoms with Crippen molar-refractivity contribution >= 4 is 5.97 Å². The van der Waals surface area contributed by atoms with Crippen molar-refractivity contribution in [1.29, 1.82) is 0 Å². The number of ether oxygens (including phenoxy) is 1. The molecule has 0 bridgehead atoms. The van der Waals surface area contributed by atoms with Crippen molar-refractivity contribution in [3.63, 3.8) is 0 Å². The van der Waals surface area contributed by atoms with Gasteiger partial charge < -0.3 is 14.9 Å². The standard InChI is InChI=1S/C10H12O4/c1-6-5-7(14-2)3-4-8(6)9(11)10(12)13/h3-5,9,11H,1-2H3,(H,12,13)/t9-/m1/s1. The second-order valence-corrected chi connectivity index (χ2v) is 2.96. The van der Waals surface area contributed by atoms with Gasteiger partial charge in [0, 0.05) is 0 Å². The monoisotopic (exact) mass is 196 g/mol. The molecule has 0 aliphatic carbocycles. The van der Waals surface area contributed by atoms with Crippen LogP contribution in [0, 0.1) is 6.92 Å². The summed E-state index contributed by atoms with van der Waals surface area (Å²) in [5.41, 5.74) is 1.08. The third-order valence-corrected chi connectivity index (χ3v) is 2.01. The Kier molecular flexibility index (Phi) is 3.09. The van der Waals surface area contributed by atoms with Gasteiger partial charge in [0.1, 0.15) is 5.75 Å². The van der Waals surface area contributed by atoms with Gasteiger partial charge in [0.25, 0.3) is 0 Å². The van der Waals surface area contributed by atoms with Crippen LogP contribution in [-0.2, 0) is 4.79 Å². The van der Waals surface area contributed by atoms with E-state index in [2.05, 4.69) is 0 Å². The van der Waals surface area contributed by atoms with Gasteiger partial charge in [-0.3, -0.25) is 0 Å². The van der Waals surface area contributed by atoms with Gasteiger partial charge >= 0.3 is 5.97 Å². The van der Waals surface area contributed by atoms with Crippen molar-refractivity contribution in [2.75, 3.05) is 7.11 Å². The van der Waals surface area contributed by atoms with Crippen molar-refractivity contribution in [1.82, 2.24) is 0 Å². The highest BCUT2D eigenvalue weighted by Crippen LogP contribution is 2.22. The van der Waals surface area contributed by atoms with E-state index in [-0.39, 0.29) is 0 Å². The van der Waals surface area contributed by atoms with Crippen LogP contribution in [0.15, 0.2) is 18.2 Å². The fraction of sp³-hybridized carbons (Fsp3) is 0.300. The van der Waals surface area contributed by atoms with Crippen molar-refractivity contribution in [3.05, 3.63) is 29.3 Å². The lowest BCUT2D eigenvalue weighted by molar-refractivity contribution is -0.147. The summed E-state index contributed by atoms with van der Waals surface area (Å²) in [6.45, 7) is 1.73. The molecular formula is C10H12O4. The Balaban J connectivity index is 3.05. The highest BCUT2D eigenvalue weighted by Gasteiger charge is 2.17. The zero-order valence-electron chi connectivity index (χ0n) is 8.02. The number of hydrogen-bond donors (Lipinski definition) is 2. The molecule has 0 heterocycles. The van der Waals surface area contributed by atoms with Crippen LogP contribution in [0.3, 0.4) is 0 Å². The minimum atomic E-state index is -1.47. The molecule has 2 N–H and O–H groups in total. The minimum absolute atomic E-state index is 0.387. The molecule has 0 radical (unpaired) electrons. The number of aliphatic carboxylic acids is 1. The van der Waals surface area contributed by atoms with E-state index >= 15 is 0 Å². The van der Waals surface area contributed by atoms with Crippen LogP contribution in [0.4, 0.5) is 0 Å². The van der Waals surface area contributed by atoms with E-state index in [1.807, 2.05) is 0 Å². The molecule has 1 atom stereocenters. The van der Waals surface area contributed by atoms with E-state index < -0.39 is 12.1 Å². The summed E-state index contributed by atoms with van der Waals surface area (Å²) in [6, 6.07) is 4.85. The zero-order valence-corrected chi connectivity index (χ0v) is 8.02. The Hall–Kier alpha value is -1.55. The van der Waals surface area contributed by atoms with Crippen LogP contribution < -0.4 is 4.74 Å². The lowest BCUT2D eigenvalue weighted by atomic mass is 10.0. The number of benzene rings is 1. The molecule has 0 aliphatic rings. The maximum Gasteiger partial charge on any atom is 0.337 e. The van der Waals surface area contributed by atoms with Crippen LogP contribution in [0.25, 0.3) is 0 Å². The summed E-state index contributed by atoms with van der Waals surface area (Å²) >= 11 is 0. The fourth-order valence-electron chi connectivity index (χ4n) is 1.21. The maximum absolute atomic E-state index is 10.5. The SMILES string of the molecule is COc1ccc([C@@H](O)C(=O)O)c(C)c1. The number of aliphatic hydroxyl groups is 1. The quantitative estimate of drug-likeness (QED) is 0.760. The fourth-order valence-corrected chi connectivity index (χ4v) is 1.21.